The minimum absolute atomic E-state index is 0.212. The van der Waals surface area contributed by atoms with Crippen molar-refractivity contribution in [2.24, 2.45) is 0 Å². The highest BCUT2D eigenvalue weighted by Crippen LogP contribution is 2.23. The molecule has 1 unspecified atom stereocenters. The number of amides is 1. The van der Waals surface area contributed by atoms with Gasteiger partial charge in [-0.3, -0.25) is 4.79 Å². The summed E-state index contributed by atoms with van der Waals surface area (Å²) >= 11 is 9.01. The predicted octanol–water partition coefficient (Wildman–Crippen LogP) is 2.29. The summed E-state index contributed by atoms with van der Waals surface area (Å²) in [6.07, 6.45) is 4.35. The second kappa shape index (κ2) is 5.45. The van der Waals surface area contributed by atoms with Crippen LogP contribution < -0.4 is 5.32 Å². The maximum absolute atomic E-state index is 11.9. The summed E-state index contributed by atoms with van der Waals surface area (Å²) in [7, 11) is 0. The third kappa shape index (κ3) is 2.85. The van der Waals surface area contributed by atoms with Gasteiger partial charge in [0.2, 0.25) is 5.91 Å². The zero-order valence-corrected chi connectivity index (χ0v) is 11.7. The van der Waals surface area contributed by atoms with Crippen LogP contribution in [0.4, 0.5) is 5.69 Å². The van der Waals surface area contributed by atoms with E-state index in [-0.39, 0.29) is 5.91 Å². The third-order valence-electron chi connectivity index (χ3n) is 2.28. The maximum Gasteiger partial charge on any atom is 0.249 e. The number of aromatic nitrogens is 4. The Hall–Kier alpha value is -1.47. The third-order valence-corrected chi connectivity index (χ3v) is 3.41. The Bertz CT molecular complexity index is 559. The monoisotopic (exact) mass is 329 g/mol. The van der Waals surface area contributed by atoms with Gasteiger partial charge < -0.3 is 5.32 Å². The largest absolute Gasteiger partial charge is 0.323 e. The fourth-order valence-corrected chi connectivity index (χ4v) is 1.73. The van der Waals surface area contributed by atoms with E-state index in [9.17, 15) is 4.79 Å². The molecule has 0 spiro atoms. The lowest BCUT2D eigenvalue weighted by Gasteiger charge is -2.12. The van der Waals surface area contributed by atoms with Crippen LogP contribution in [0.5, 0.6) is 0 Å². The van der Waals surface area contributed by atoms with Crippen LogP contribution in [0.3, 0.4) is 0 Å². The van der Waals surface area contributed by atoms with Crippen LogP contribution in [0.2, 0.25) is 5.15 Å². The summed E-state index contributed by atoms with van der Waals surface area (Å²) in [5.74, 6) is -0.212. The number of nitrogens with zero attached hydrogens (tertiary/aromatic N) is 4. The average Bonchev–Trinajstić information content (AvgIpc) is 2.86. The van der Waals surface area contributed by atoms with Gasteiger partial charge in [0.25, 0.3) is 0 Å². The van der Waals surface area contributed by atoms with Gasteiger partial charge in [0.1, 0.15) is 23.8 Å². The number of nitrogens with one attached hydrogen (secondary N) is 1. The van der Waals surface area contributed by atoms with E-state index < -0.39 is 6.04 Å². The molecule has 6 nitrogen and oxygen atoms in total. The van der Waals surface area contributed by atoms with E-state index in [1.807, 2.05) is 0 Å². The molecule has 0 saturated heterocycles. The van der Waals surface area contributed by atoms with Gasteiger partial charge in [-0.2, -0.15) is 5.10 Å². The molecule has 8 heteroatoms. The summed E-state index contributed by atoms with van der Waals surface area (Å²) < 4.78 is 2.09. The number of rotatable bonds is 3. The Morgan fingerprint density at radius 3 is 3.00 bits per heavy atom. The zero-order chi connectivity index (χ0) is 13.1. The first kappa shape index (κ1) is 13.0. The highest BCUT2D eigenvalue weighted by Gasteiger charge is 2.15. The van der Waals surface area contributed by atoms with Gasteiger partial charge in [0, 0.05) is 0 Å². The molecule has 1 N–H and O–H groups in total. The minimum atomic E-state index is -0.457. The highest BCUT2D eigenvalue weighted by molar-refractivity contribution is 9.10. The highest BCUT2D eigenvalue weighted by atomic mass is 79.9. The quantitative estimate of drug-likeness (QED) is 0.876. The standard InChI is InChI=1S/C10H9BrClN5O/c1-6(17-5-13-4-15-17)10(18)16-7-2-8(11)9(12)14-3-7/h2-6H,1H3,(H,16,18). The van der Waals surface area contributed by atoms with Gasteiger partial charge in [-0.05, 0) is 28.9 Å². The minimum Gasteiger partial charge on any atom is -0.323 e. The Labute approximate surface area is 117 Å². The topological polar surface area (TPSA) is 72.7 Å². The zero-order valence-electron chi connectivity index (χ0n) is 9.34. The van der Waals surface area contributed by atoms with Crippen molar-refractivity contribution >= 4 is 39.1 Å². The first-order valence-electron chi connectivity index (χ1n) is 5.04. The Balaban J connectivity index is 2.09. The summed E-state index contributed by atoms with van der Waals surface area (Å²) in [6.45, 7) is 1.72. The van der Waals surface area contributed by atoms with Gasteiger partial charge in [-0.1, -0.05) is 11.6 Å². The van der Waals surface area contributed by atoms with Crippen LogP contribution in [-0.2, 0) is 4.79 Å². The lowest BCUT2D eigenvalue weighted by molar-refractivity contribution is -0.119. The molecule has 2 heterocycles. The Morgan fingerprint density at radius 1 is 1.61 bits per heavy atom. The molecule has 94 valence electrons. The number of pyridine rings is 1. The van der Waals surface area contributed by atoms with Gasteiger partial charge in [0.05, 0.1) is 16.4 Å². The summed E-state index contributed by atoms with van der Waals surface area (Å²) in [6, 6.07) is 1.23. The average molecular weight is 331 g/mol. The molecule has 0 radical (unpaired) electrons. The van der Waals surface area contributed by atoms with Crippen LogP contribution in [0.15, 0.2) is 29.4 Å². The SMILES string of the molecule is CC(C(=O)Nc1cnc(Cl)c(Br)c1)n1cncn1. The first-order chi connectivity index (χ1) is 8.58. The second-order valence-corrected chi connectivity index (χ2v) is 4.75. The molecule has 18 heavy (non-hydrogen) atoms. The molecule has 0 saturated carbocycles. The molecule has 0 aliphatic heterocycles. The number of halogens is 2. The van der Waals surface area contributed by atoms with E-state index in [0.29, 0.717) is 15.3 Å². The Morgan fingerprint density at radius 2 is 2.39 bits per heavy atom. The molecule has 1 amide bonds. The van der Waals surface area contributed by atoms with E-state index in [4.69, 9.17) is 11.6 Å². The van der Waals surface area contributed by atoms with E-state index >= 15 is 0 Å². The maximum atomic E-state index is 11.9. The van der Waals surface area contributed by atoms with Crippen LogP contribution in [-0.4, -0.2) is 25.7 Å². The molecule has 0 aliphatic carbocycles. The molecule has 0 bridgehead atoms. The van der Waals surface area contributed by atoms with Crippen LogP contribution in [0.25, 0.3) is 0 Å². The lowest BCUT2D eigenvalue weighted by atomic mass is 10.3. The normalized spacial score (nSPS) is 12.2. The molecular formula is C10H9BrClN5O. The lowest BCUT2D eigenvalue weighted by Crippen LogP contribution is -2.24. The number of carbonyl (C=O) groups excluding carboxylic acids is 1. The van der Waals surface area contributed by atoms with E-state index in [1.54, 1.807) is 13.0 Å². The van der Waals surface area contributed by atoms with Gasteiger partial charge in [-0.25, -0.2) is 14.6 Å². The van der Waals surface area contributed by atoms with Gasteiger partial charge >= 0.3 is 0 Å². The van der Waals surface area contributed by atoms with Crippen molar-refractivity contribution < 1.29 is 4.79 Å². The molecular weight excluding hydrogens is 322 g/mol. The predicted molar refractivity (Wildman–Crippen MR) is 70.3 cm³/mol. The smallest absolute Gasteiger partial charge is 0.249 e. The van der Waals surface area contributed by atoms with E-state index in [1.165, 1.54) is 23.5 Å². The second-order valence-electron chi connectivity index (χ2n) is 3.54. The molecule has 2 aromatic heterocycles. The van der Waals surface area contributed by atoms with Gasteiger partial charge in [-0.15, -0.1) is 0 Å². The van der Waals surface area contributed by atoms with Crippen LogP contribution in [0.1, 0.15) is 13.0 Å². The van der Waals surface area contributed by atoms with E-state index in [2.05, 4.69) is 36.3 Å². The molecule has 1 atom stereocenters. The number of hydrogen-bond donors (Lipinski definition) is 1. The number of anilines is 1. The van der Waals surface area contributed by atoms with Gasteiger partial charge in [0.15, 0.2) is 0 Å². The Kier molecular flexibility index (Phi) is 3.93. The van der Waals surface area contributed by atoms with Crippen molar-refractivity contribution in [3.8, 4) is 0 Å². The van der Waals surface area contributed by atoms with Crippen molar-refractivity contribution in [1.29, 1.82) is 0 Å². The van der Waals surface area contributed by atoms with Crippen molar-refractivity contribution in [3.05, 3.63) is 34.5 Å². The molecule has 2 rings (SSSR count). The molecule has 0 fully saturated rings. The summed E-state index contributed by atoms with van der Waals surface area (Å²) in [5.41, 5.74) is 0.559. The fraction of sp³-hybridized carbons (Fsp3) is 0.200. The molecule has 2 aromatic rings. The van der Waals surface area contributed by atoms with Crippen molar-refractivity contribution in [3.63, 3.8) is 0 Å². The van der Waals surface area contributed by atoms with Crippen molar-refractivity contribution in [2.75, 3.05) is 5.32 Å². The van der Waals surface area contributed by atoms with Crippen LogP contribution in [0, 0.1) is 0 Å². The molecule has 0 aliphatic rings. The summed E-state index contributed by atoms with van der Waals surface area (Å²) in [4.78, 5) is 19.6. The first-order valence-corrected chi connectivity index (χ1v) is 6.21. The van der Waals surface area contributed by atoms with Crippen LogP contribution >= 0.6 is 27.5 Å². The number of hydrogen-bond acceptors (Lipinski definition) is 4. The fourth-order valence-electron chi connectivity index (χ4n) is 1.27. The molecule has 0 aromatic carbocycles. The van der Waals surface area contributed by atoms with E-state index in [0.717, 1.165) is 0 Å². The van der Waals surface area contributed by atoms with Crippen molar-refractivity contribution in [2.45, 2.75) is 13.0 Å². The number of carbonyl (C=O) groups is 1. The summed E-state index contributed by atoms with van der Waals surface area (Å²) in [5, 5.41) is 6.97. The van der Waals surface area contributed by atoms with Crippen molar-refractivity contribution in [1.82, 2.24) is 19.7 Å².